The highest BCUT2D eigenvalue weighted by molar-refractivity contribution is 5.88. The predicted molar refractivity (Wildman–Crippen MR) is 123 cm³/mol. The summed E-state index contributed by atoms with van der Waals surface area (Å²) in [5, 5.41) is 9.44. The third-order valence-electron chi connectivity index (χ3n) is 5.74. The van der Waals surface area contributed by atoms with Gasteiger partial charge in [0.2, 0.25) is 0 Å². The number of aromatic carboxylic acids is 1. The van der Waals surface area contributed by atoms with Gasteiger partial charge in [0.1, 0.15) is 5.56 Å². The lowest BCUT2D eigenvalue weighted by Gasteiger charge is -2.33. The summed E-state index contributed by atoms with van der Waals surface area (Å²) in [6.07, 6.45) is 2.72. The zero-order valence-corrected chi connectivity index (χ0v) is 19.7. The molecule has 8 nitrogen and oxygen atoms in total. The van der Waals surface area contributed by atoms with Crippen LogP contribution in [-0.4, -0.2) is 41.9 Å². The molecule has 1 aromatic carbocycles. The SMILES string of the molecule is COCCCOc1cc2c(cc1OC(=O)C(C)C)-c1cc(=O)c(C(=O)O)cn1C(C(C)C)C2. The molecule has 33 heavy (non-hydrogen) atoms. The molecule has 1 unspecified atom stereocenters. The lowest BCUT2D eigenvalue weighted by Crippen LogP contribution is -2.28. The average molecular weight is 458 g/mol. The van der Waals surface area contributed by atoms with Gasteiger partial charge in [-0.1, -0.05) is 27.7 Å². The first-order chi connectivity index (χ1) is 15.6. The van der Waals surface area contributed by atoms with Crippen LogP contribution < -0.4 is 14.9 Å². The number of benzene rings is 1. The summed E-state index contributed by atoms with van der Waals surface area (Å²) < 4.78 is 18.5. The molecule has 0 aliphatic carbocycles. The fourth-order valence-electron chi connectivity index (χ4n) is 3.89. The summed E-state index contributed by atoms with van der Waals surface area (Å²) in [5.41, 5.74) is 1.43. The number of pyridine rings is 1. The van der Waals surface area contributed by atoms with E-state index in [2.05, 4.69) is 13.8 Å². The largest absolute Gasteiger partial charge is 0.490 e. The number of fused-ring (bicyclic) bond motifs is 3. The van der Waals surface area contributed by atoms with E-state index in [0.717, 1.165) is 11.1 Å². The van der Waals surface area contributed by atoms with Crippen LogP contribution in [0.5, 0.6) is 11.5 Å². The number of carboxylic acids is 1. The molecule has 0 saturated carbocycles. The maximum atomic E-state index is 12.5. The zero-order valence-electron chi connectivity index (χ0n) is 19.7. The van der Waals surface area contributed by atoms with E-state index in [1.807, 2.05) is 10.6 Å². The molecule has 0 spiro atoms. The third-order valence-corrected chi connectivity index (χ3v) is 5.74. The van der Waals surface area contributed by atoms with Crippen LogP contribution in [0.1, 0.15) is 56.1 Å². The van der Waals surface area contributed by atoms with Crippen molar-refractivity contribution < 1.29 is 28.9 Å². The van der Waals surface area contributed by atoms with Gasteiger partial charge in [0.15, 0.2) is 16.9 Å². The van der Waals surface area contributed by atoms with Crippen molar-refractivity contribution in [1.29, 1.82) is 0 Å². The number of hydrogen-bond donors (Lipinski definition) is 1. The lowest BCUT2D eigenvalue weighted by molar-refractivity contribution is -0.137. The van der Waals surface area contributed by atoms with Crippen molar-refractivity contribution in [2.45, 2.75) is 46.6 Å². The van der Waals surface area contributed by atoms with Crippen LogP contribution in [0.2, 0.25) is 0 Å². The molecule has 0 amide bonds. The fraction of sp³-hybridized carbons (Fsp3) is 0.480. The predicted octanol–water partition coefficient (Wildman–Crippen LogP) is 3.94. The Morgan fingerprint density at radius 3 is 2.45 bits per heavy atom. The summed E-state index contributed by atoms with van der Waals surface area (Å²) >= 11 is 0. The second-order valence-corrected chi connectivity index (χ2v) is 8.89. The van der Waals surface area contributed by atoms with Crippen LogP contribution in [0.25, 0.3) is 11.3 Å². The van der Waals surface area contributed by atoms with Gasteiger partial charge in [-0.05, 0) is 30.0 Å². The lowest BCUT2D eigenvalue weighted by atomic mass is 9.87. The molecule has 8 heteroatoms. The minimum atomic E-state index is -1.25. The summed E-state index contributed by atoms with van der Waals surface area (Å²) in [4.78, 5) is 36.4. The number of carboxylic acid groups (broad SMARTS) is 1. The van der Waals surface area contributed by atoms with E-state index in [4.69, 9.17) is 14.2 Å². The quantitative estimate of drug-likeness (QED) is 0.345. The number of hydrogen-bond acceptors (Lipinski definition) is 6. The molecule has 1 aromatic heterocycles. The van der Waals surface area contributed by atoms with E-state index in [-0.39, 0.29) is 29.2 Å². The van der Waals surface area contributed by atoms with E-state index in [9.17, 15) is 19.5 Å². The molecular formula is C25H31NO7. The van der Waals surface area contributed by atoms with Gasteiger partial charge in [0.25, 0.3) is 0 Å². The minimum absolute atomic E-state index is 0.0448. The first-order valence-electron chi connectivity index (χ1n) is 11.1. The standard InChI is InChI=1S/C25H31NO7/c1-14(2)19-9-16-10-22(32-8-6-7-31-5)23(33-25(30)15(3)4)11-17(16)20-12-21(27)18(24(28)29)13-26(19)20/h10-15,19H,6-9H2,1-5H3,(H,28,29). The number of aromatic nitrogens is 1. The Bertz CT molecular complexity index is 1100. The first-order valence-corrected chi connectivity index (χ1v) is 11.1. The summed E-state index contributed by atoms with van der Waals surface area (Å²) in [5.74, 6) is -1.07. The summed E-state index contributed by atoms with van der Waals surface area (Å²) in [7, 11) is 1.62. The molecule has 1 atom stereocenters. The topological polar surface area (TPSA) is 104 Å². The van der Waals surface area contributed by atoms with Crippen LogP contribution in [0.4, 0.5) is 0 Å². The second-order valence-electron chi connectivity index (χ2n) is 8.89. The Morgan fingerprint density at radius 1 is 1.12 bits per heavy atom. The number of methoxy groups -OCH3 is 1. The van der Waals surface area contributed by atoms with E-state index in [0.29, 0.717) is 37.5 Å². The molecular weight excluding hydrogens is 426 g/mol. The van der Waals surface area contributed by atoms with Gasteiger partial charge in [-0.25, -0.2) is 4.79 Å². The van der Waals surface area contributed by atoms with Crippen LogP contribution in [0.3, 0.4) is 0 Å². The van der Waals surface area contributed by atoms with Crippen LogP contribution >= 0.6 is 0 Å². The van der Waals surface area contributed by atoms with Crippen molar-refractivity contribution in [3.63, 3.8) is 0 Å². The third kappa shape index (κ3) is 5.27. The number of nitrogens with zero attached hydrogens (tertiary/aromatic N) is 1. The van der Waals surface area contributed by atoms with Gasteiger partial charge < -0.3 is 23.9 Å². The van der Waals surface area contributed by atoms with Crippen molar-refractivity contribution >= 4 is 11.9 Å². The highest BCUT2D eigenvalue weighted by Crippen LogP contribution is 2.43. The smallest absolute Gasteiger partial charge is 0.341 e. The van der Waals surface area contributed by atoms with Crippen molar-refractivity contribution in [2.75, 3.05) is 20.3 Å². The molecule has 2 heterocycles. The Labute approximate surface area is 193 Å². The Hall–Kier alpha value is -3.13. The Balaban J connectivity index is 2.15. The second kappa shape index (κ2) is 10.2. The molecule has 0 bridgehead atoms. The normalized spacial score (nSPS) is 14.7. The number of esters is 1. The Morgan fingerprint density at radius 2 is 1.85 bits per heavy atom. The summed E-state index contributed by atoms with van der Waals surface area (Å²) in [6.45, 7) is 8.54. The van der Waals surface area contributed by atoms with Gasteiger partial charge >= 0.3 is 11.9 Å². The highest BCUT2D eigenvalue weighted by atomic mass is 16.6. The van der Waals surface area contributed by atoms with Gasteiger partial charge in [-0.2, -0.15) is 0 Å². The van der Waals surface area contributed by atoms with E-state index in [1.165, 1.54) is 12.3 Å². The molecule has 0 saturated heterocycles. The molecule has 1 N–H and O–H groups in total. The van der Waals surface area contributed by atoms with E-state index < -0.39 is 17.4 Å². The van der Waals surface area contributed by atoms with E-state index >= 15 is 0 Å². The maximum absolute atomic E-state index is 12.5. The van der Waals surface area contributed by atoms with Gasteiger partial charge in [0, 0.05) is 44.0 Å². The monoisotopic (exact) mass is 457 g/mol. The number of carbonyl (C=O) groups is 2. The number of ether oxygens (including phenoxy) is 3. The van der Waals surface area contributed by atoms with E-state index in [1.54, 1.807) is 27.0 Å². The van der Waals surface area contributed by atoms with Crippen molar-refractivity contribution in [3.8, 4) is 22.8 Å². The van der Waals surface area contributed by atoms with Gasteiger partial charge in [-0.3, -0.25) is 9.59 Å². The van der Waals surface area contributed by atoms with Crippen molar-refractivity contribution in [3.05, 3.63) is 45.7 Å². The highest BCUT2D eigenvalue weighted by Gasteiger charge is 2.30. The van der Waals surface area contributed by atoms with Crippen molar-refractivity contribution in [1.82, 2.24) is 4.57 Å². The molecule has 1 aliphatic heterocycles. The number of carbonyl (C=O) groups excluding carboxylic acids is 1. The minimum Gasteiger partial charge on any atom is -0.490 e. The molecule has 1 aliphatic rings. The fourth-order valence-corrected chi connectivity index (χ4v) is 3.89. The molecule has 0 radical (unpaired) electrons. The van der Waals surface area contributed by atoms with Gasteiger partial charge in [0.05, 0.1) is 18.2 Å². The Kier molecular flexibility index (Phi) is 7.58. The first kappa shape index (κ1) is 24.5. The molecule has 3 rings (SSSR count). The number of rotatable bonds is 9. The molecule has 178 valence electrons. The van der Waals surface area contributed by atoms with Crippen LogP contribution in [0, 0.1) is 11.8 Å². The average Bonchev–Trinajstić information content (AvgIpc) is 2.75. The van der Waals surface area contributed by atoms with Crippen LogP contribution in [-0.2, 0) is 16.0 Å². The molecule has 2 aromatic rings. The van der Waals surface area contributed by atoms with Crippen molar-refractivity contribution in [2.24, 2.45) is 11.8 Å². The van der Waals surface area contributed by atoms with Crippen LogP contribution in [0.15, 0.2) is 29.2 Å². The summed E-state index contributed by atoms with van der Waals surface area (Å²) in [6, 6.07) is 4.88. The maximum Gasteiger partial charge on any atom is 0.341 e. The zero-order chi connectivity index (χ0) is 24.3. The molecule has 0 fully saturated rings. The van der Waals surface area contributed by atoms with Gasteiger partial charge in [-0.15, -0.1) is 0 Å².